The Morgan fingerprint density at radius 3 is 2.61 bits per heavy atom. The van der Waals surface area contributed by atoms with Gasteiger partial charge in [0.15, 0.2) is 0 Å². The molecule has 0 fully saturated rings. The SMILES string of the molecule is Cc1c(C(C)(C)CCN)c2cccc(F)c2n1C. The Morgan fingerprint density at radius 2 is 2.00 bits per heavy atom. The average Bonchev–Trinajstić information content (AvgIpc) is 2.53. The molecule has 3 heteroatoms. The molecule has 1 aromatic carbocycles. The third kappa shape index (κ3) is 1.83. The lowest BCUT2D eigenvalue weighted by molar-refractivity contribution is 0.487. The van der Waals surface area contributed by atoms with Crippen molar-refractivity contribution < 1.29 is 4.39 Å². The van der Waals surface area contributed by atoms with E-state index < -0.39 is 0 Å². The van der Waals surface area contributed by atoms with E-state index in [0.717, 1.165) is 17.5 Å². The number of aromatic nitrogens is 1. The van der Waals surface area contributed by atoms with Crippen molar-refractivity contribution in [3.63, 3.8) is 0 Å². The Hall–Kier alpha value is -1.35. The van der Waals surface area contributed by atoms with Gasteiger partial charge in [-0.25, -0.2) is 4.39 Å². The molecule has 0 atom stereocenters. The second-order valence-electron chi connectivity index (χ2n) is 5.58. The molecule has 18 heavy (non-hydrogen) atoms. The van der Waals surface area contributed by atoms with E-state index in [1.807, 2.05) is 24.6 Å². The Kier molecular flexibility index (Phi) is 3.20. The van der Waals surface area contributed by atoms with E-state index >= 15 is 0 Å². The van der Waals surface area contributed by atoms with Gasteiger partial charge in [-0.1, -0.05) is 26.0 Å². The zero-order chi connectivity index (χ0) is 13.5. The van der Waals surface area contributed by atoms with E-state index in [1.165, 1.54) is 11.6 Å². The summed E-state index contributed by atoms with van der Waals surface area (Å²) < 4.78 is 15.9. The summed E-state index contributed by atoms with van der Waals surface area (Å²) in [6.07, 6.45) is 0.892. The lowest BCUT2D eigenvalue weighted by Crippen LogP contribution is -2.22. The number of para-hydroxylation sites is 1. The first-order valence-electron chi connectivity index (χ1n) is 6.34. The van der Waals surface area contributed by atoms with Crippen LogP contribution >= 0.6 is 0 Å². The highest BCUT2D eigenvalue weighted by molar-refractivity contribution is 5.87. The molecule has 2 aromatic rings. The number of benzene rings is 1. The Balaban J connectivity index is 2.80. The predicted molar refractivity (Wildman–Crippen MR) is 74.3 cm³/mol. The fourth-order valence-corrected chi connectivity index (χ4v) is 2.93. The summed E-state index contributed by atoms with van der Waals surface area (Å²) in [4.78, 5) is 0. The van der Waals surface area contributed by atoms with Crippen LogP contribution in [0, 0.1) is 12.7 Å². The maximum Gasteiger partial charge on any atom is 0.147 e. The van der Waals surface area contributed by atoms with Crippen LogP contribution in [-0.2, 0) is 12.5 Å². The predicted octanol–water partition coefficient (Wildman–Crippen LogP) is 3.25. The number of aryl methyl sites for hydroxylation is 1. The highest BCUT2D eigenvalue weighted by Gasteiger charge is 2.27. The van der Waals surface area contributed by atoms with Gasteiger partial charge in [-0.05, 0) is 36.9 Å². The molecule has 0 aliphatic carbocycles. The van der Waals surface area contributed by atoms with Gasteiger partial charge in [-0.2, -0.15) is 0 Å². The summed E-state index contributed by atoms with van der Waals surface area (Å²) in [5.74, 6) is -0.159. The van der Waals surface area contributed by atoms with E-state index in [2.05, 4.69) is 13.8 Å². The topological polar surface area (TPSA) is 30.9 Å². The van der Waals surface area contributed by atoms with Crippen LogP contribution in [-0.4, -0.2) is 11.1 Å². The molecule has 1 heterocycles. The van der Waals surface area contributed by atoms with Crippen LogP contribution in [0.4, 0.5) is 4.39 Å². The van der Waals surface area contributed by atoms with Gasteiger partial charge in [0.1, 0.15) is 5.82 Å². The number of nitrogens with zero attached hydrogens (tertiary/aromatic N) is 1. The zero-order valence-corrected chi connectivity index (χ0v) is 11.5. The summed E-state index contributed by atoms with van der Waals surface area (Å²) in [6, 6.07) is 5.29. The molecule has 0 radical (unpaired) electrons. The first kappa shape index (κ1) is 13.1. The fourth-order valence-electron chi connectivity index (χ4n) is 2.93. The Morgan fingerprint density at radius 1 is 1.33 bits per heavy atom. The molecule has 0 saturated carbocycles. The molecule has 2 nitrogen and oxygen atoms in total. The minimum absolute atomic E-state index is 0.0356. The third-order valence-corrected chi connectivity index (χ3v) is 3.90. The van der Waals surface area contributed by atoms with E-state index in [4.69, 9.17) is 5.73 Å². The van der Waals surface area contributed by atoms with Crippen molar-refractivity contribution in [2.24, 2.45) is 12.8 Å². The van der Waals surface area contributed by atoms with Gasteiger partial charge < -0.3 is 10.3 Å². The van der Waals surface area contributed by atoms with Crippen molar-refractivity contribution in [2.45, 2.75) is 32.6 Å². The van der Waals surface area contributed by atoms with Gasteiger partial charge in [0.05, 0.1) is 5.52 Å². The molecule has 98 valence electrons. The van der Waals surface area contributed by atoms with Gasteiger partial charge in [0.2, 0.25) is 0 Å². The van der Waals surface area contributed by atoms with Crippen LogP contribution in [0.2, 0.25) is 0 Å². The second kappa shape index (κ2) is 4.39. The largest absolute Gasteiger partial charge is 0.345 e. The van der Waals surface area contributed by atoms with E-state index in [9.17, 15) is 4.39 Å². The van der Waals surface area contributed by atoms with Gasteiger partial charge in [-0.15, -0.1) is 0 Å². The molecule has 0 saturated heterocycles. The first-order valence-corrected chi connectivity index (χ1v) is 6.34. The summed E-state index contributed by atoms with van der Waals surface area (Å²) in [7, 11) is 1.92. The van der Waals surface area contributed by atoms with Gasteiger partial charge >= 0.3 is 0 Å². The van der Waals surface area contributed by atoms with Crippen LogP contribution in [0.3, 0.4) is 0 Å². The van der Waals surface area contributed by atoms with Crippen LogP contribution in [0.1, 0.15) is 31.5 Å². The molecule has 0 unspecified atom stereocenters. The fraction of sp³-hybridized carbons (Fsp3) is 0.467. The second-order valence-corrected chi connectivity index (χ2v) is 5.58. The highest BCUT2D eigenvalue weighted by atomic mass is 19.1. The smallest absolute Gasteiger partial charge is 0.147 e. The van der Waals surface area contributed by atoms with Crippen molar-refractivity contribution in [2.75, 3.05) is 6.54 Å². The quantitative estimate of drug-likeness (QED) is 0.888. The number of nitrogens with two attached hydrogens (primary N) is 1. The molecule has 1 aromatic heterocycles. The molecule has 0 bridgehead atoms. The highest BCUT2D eigenvalue weighted by Crippen LogP contribution is 2.37. The van der Waals surface area contributed by atoms with E-state index in [1.54, 1.807) is 6.07 Å². The molecule has 0 aliphatic heterocycles. The lowest BCUT2D eigenvalue weighted by atomic mass is 9.80. The number of halogens is 1. The number of hydrogen-bond acceptors (Lipinski definition) is 1. The molecule has 0 spiro atoms. The maximum absolute atomic E-state index is 14.0. The number of rotatable bonds is 3. The maximum atomic E-state index is 14.0. The summed E-state index contributed by atoms with van der Waals surface area (Å²) in [5, 5.41) is 1.01. The van der Waals surface area contributed by atoms with Gasteiger partial charge in [0, 0.05) is 18.1 Å². The van der Waals surface area contributed by atoms with Crippen LogP contribution in [0.15, 0.2) is 18.2 Å². The zero-order valence-electron chi connectivity index (χ0n) is 11.5. The molecule has 0 amide bonds. The molecule has 0 aliphatic rings. The first-order chi connectivity index (χ1) is 8.40. The molecular formula is C15H21FN2. The van der Waals surface area contributed by atoms with Crippen molar-refractivity contribution in [1.29, 1.82) is 0 Å². The Labute approximate surface area is 108 Å². The minimum atomic E-state index is -0.159. The lowest BCUT2D eigenvalue weighted by Gasteiger charge is -2.25. The minimum Gasteiger partial charge on any atom is -0.345 e. The van der Waals surface area contributed by atoms with E-state index in [-0.39, 0.29) is 11.2 Å². The summed E-state index contributed by atoms with van der Waals surface area (Å²) in [6.45, 7) is 7.03. The normalized spacial score (nSPS) is 12.3. The molecule has 2 N–H and O–H groups in total. The van der Waals surface area contributed by atoms with E-state index in [0.29, 0.717) is 12.1 Å². The van der Waals surface area contributed by atoms with Crippen molar-refractivity contribution in [3.05, 3.63) is 35.3 Å². The van der Waals surface area contributed by atoms with Crippen LogP contribution in [0.5, 0.6) is 0 Å². The van der Waals surface area contributed by atoms with Crippen molar-refractivity contribution in [1.82, 2.24) is 4.57 Å². The number of hydrogen-bond donors (Lipinski definition) is 1. The molecule has 2 rings (SSSR count). The Bertz CT molecular complexity index is 582. The van der Waals surface area contributed by atoms with Gasteiger partial charge in [-0.3, -0.25) is 0 Å². The standard InChI is InChI=1S/C15H21FN2/c1-10-13(15(2,3)8-9-17)11-6-5-7-12(16)14(11)18(10)4/h5-7H,8-9,17H2,1-4H3. The van der Waals surface area contributed by atoms with Gasteiger partial charge in [0.25, 0.3) is 0 Å². The van der Waals surface area contributed by atoms with Crippen LogP contribution < -0.4 is 5.73 Å². The number of fused-ring (bicyclic) bond motifs is 1. The van der Waals surface area contributed by atoms with Crippen LogP contribution in [0.25, 0.3) is 10.9 Å². The monoisotopic (exact) mass is 248 g/mol. The summed E-state index contributed by atoms with van der Waals surface area (Å²) >= 11 is 0. The average molecular weight is 248 g/mol. The molecular weight excluding hydrogens is 227 g/mol. The van der Waals surface area contributed by atoms with Crippen molar-refractivity contribution >= 4 is 10.9 Å². The summed E-state index contributed by atoms with van der Waals surface area (Å²) in [5.41, 5.74) is 8.69. The van der Waals surface area contributed by atoms with Crippen molar-refractivity contribution in [3.8, 4) is 0 Å². The third-order valence-electron chi connectivity index (χ3n) is 3.90.